The second kappa shape index (κ2) is 7.92. The lowest BCUT2D eigenvalue weighted by atomic mass is 10.1. The number of rotatable bonds is 6. The highest BCUT2D eigenvalue weighted by molar-refractivity contribution is 6.31. The van der Waals surface area contributed by atoms with Gasteiger partial charge in [-0.3, -0.25) is 9.48 Å². The third-order valence-electron chi connectivity index (χ3n) is 4.31. The molecule has 7 nitrogen and oxygen atoms in total. The van der Waals surface area contributed by atoms with Crippen LogP contribution in [0.3, 0.4) is 0 Å². The molecule has 1 amide bonds. The summed E-state index contributed by atoms with van der Waals surface area (Å²) in [6.07, 6.45) is 3.26. The minimum Gasteiger partial charge on any atom is -0.324 e. The standard InChI is InChI=1S/C19H23ClN6O/c1-12(2)9-25-14(4)16(13(3)24-25)8-19(27)23-17-7-15(20)5-6-18(17)26-11-21-10-22-26/h5-7,10-12H,8-9H2,1-4H3,(H,23,27). The monoisotopic (exact) mass is 386 g/mol. The molecule has 0 atom stereocenters. The second-order valence-corrected chi connectivity index (χ2v) is 7.39. The number of carbonyl (C=O) groups is 1. The molecule has 0 saturated heterocycles. The zero-order chi connectivity index (χ0) is 19.6. The fourth-order valence-electron chi connectivity index (χ4n) is 3.01. The van der Waals surface area contributed by atoms with Crippen molar-refractivity contribution in [3.63, 3.8) is 0 Å². The van der Waals surface area contributed by atoms with E-state index in [1.165, 1.54) is 6.33 Å². The van der Waals surface area contributed by atoms with Crippen LogP contribution < -0.4 is 5.32 Å². The van der Waals surface area contributed by atoms with Crippen molar-refractivity contribution in [1.82, 2.24) is 24.5 Å². The molecule has 1 N–H and O–H groups in total. The maximum Gasteiger partial charge on any atom is 0.228 e. The molecule has 2 aromatic heterocycles. The molecule has 2 heterocycles. The van der Waals surface area contributed by atoms with Crippen LogP contribution in [-0.4, -0.2) is 30.5 Å². The van der Waals surface area contributed by atoms with E-state index in [-0.39, 0.29) is 12.3 Å². The molecule has 0 aliphatic rings. The van der Waals surface area contributed by atoms with Gasteiger partial charge in [0.1, 0.15) is 12.7 Å². The molecular formula is C19H23ClN6O. The summed E-state index contributed by atoms with van der Waals surface area (Å²) in [4.78, 5) is 16.7. The van der Waals surface area contributed by atoms with E-state index in [9.17, 15) is 4.79 Å². The molecule has 3 rings (SSSR count). The summed E-state index contributed by atoms with van der Waals surface area (Å²) in [7, 11) is 0. The highest BCUT2D eigenvalue weighted by Crippen LogP contribution is 2.24. The van der Waals surface area contributed by atoms with Crippen LogP contribution in [0.2, 0.25) is 5.02 Å². The summed E-state index contributed by atoms with van der Waals surface area (Å²) in [5, 5.41) is 12.2. The van der Waals surface area contributed by atoms with Gasteiger partial charge in [-0.2, -0.15) is 10.2 Å². The van der Waals surface area contributed by atoms with Crippen LogP contribution in [0.4, 0.5) is 5.69 Å². The Morgan fingerprint density at radius 1 is 1.30 bits per heavy atom. The highest BCUT2D eigenvalue weighted by Gasteiger charge is 2.17. The number of carbonyl (C=O) groups excluding carboxylic acids is 1. The van der Waals surface area contributed by atoms with E-state index in [4.69, 9.17) is 11.6 Å². The van der Waals surface area contributed by atoms with Crippen LogP contribution >= 0.6 is 11.6 Å². The first-order chi connectivity index (χ1) is 12.8. The number of nitrogens with one attached hydrogen (secondary N) is 1. The number of halogens is 1. The summed E-state index contributed by atoms with van der Waals surface area (Å²) in [6.45, 7) is 9.07. The Labute approximate surface area is 163 Å². The molecule has 0 saturated carbocycles. The lowest BCUT2D eigenvalue weighted by Crippen LogP contribution is -2.17. The van der Waals surface area contributed by atoms with Crippen LogP contribution in [0.25, 0.3) is 5.69 Å². The maximum atomic E-state index is 12.7. The van der Waals surface area contributed by atoms with Crippen molar-refractivity contribution in [3.05, 3.63) is 52.8 Å². The van der Waals surface area contributed by atoms with E-state index >= 15 is 0 Å². The van der Waals surface area contributed by atoms with Gasteiger partial charge in [0.15, 0.2) is 0 Å². The summed E-state index contributed by atoms with van der Waals surface area (Å²) >= 11 is 6.11. The Morgan fingerprint density at radius 2 is 2.07 bits per heavy atom. The number of hydrogen-bond donors (Lipinski definition) is 1. The van der Waals surface area contributed by atoms with Gasteiger partial charge in [0.05, 0.1) is 23.5 Å². The Hall–Kier alpha value is -2.67. The minimum atomic E-state index is -0.131. The summed E-state index contributed by atoms with van der Waals surface area (Å²) in [5.74, 6) is 0.357. The summed E-state index contributed by atoms with van der Waals surface area (Å²) in [5.41, 5.74) is 4.15. The van der Waals surface area contributed by atoms with E-state index in [0.29, 0.717) is 22.3 Å². The molecule has 0 fully saturated rings. The van der Waals surface area contributed by atoms with Gasteiger partial charge in [0.25, 0.3) is 0 Å². The lowest BCUT2D eigenvalue weighted by molar-refractivity contribution is -0.115. The molecule has 8 heteroatoms. The second-order valence-electron chi connectivity index (χ2n) is 6.95. The third-order valence-corrected chi connectivity index (χ3v) is 4.54. The number of benzene rings is 1. The molecule has 0 unspecified atom stereocenters. The van der Waals surface area contributed by atoms with Crippen molar-refractivity contribution in [1.29, 1.82) is 0 Å². The van der Waals surface area contributed by atoms with Gasteiger partial charge in [-0.15, -0.1) is 0 Å². The smallest absolute Gasteiger partial charge is 0.228 e. The minimum absolute atomic E-state index is 0.131. The molecule has 0 bridgehead atoms. The Morgan fingerprint density at radius 3 is 2.74 bits per heavy atom. The number of anilines is 1. The van der Waals surface area contributed by atoms with E-state index in [0.717, 1.165) is 23.5 Å². The van der Waals surface area contributed by atoms with Gasteiger partial charge < -0.3 is 5.32 Å². The zero-order valence-electron chi connectivity index (χ0n) is 15.9. The average Bonchev–Trinajstić information content (AvgIpc) is 3.19. The summed E-state index contributed by atoms with van der Waals surface area (Å²) < 4.78 is 3.56. The topological polar surface area (TPSA) is 77.6 Å². The van der Waals surface area contributed by atoms with E-state index in [1.54, 1.807) is 29.2 Å². The first-order valence-corrected chi connectivity index (χ1v) is 9.20. The number of nitrogens with zero attached hydrogens (tertiary/aromatic N) is 5. The first kappa shape index (κ1) is 19.1. The number of aromatic nitrogens is 5. The first-order valence-electron chi connectivity index (χ1n) is 8.82. The van der Waals surface area contributed by atoms with Crippen molar-refractivity contribution in [2.45, 2.75) is 40.7 Å². The molecule has 142 valence electrons. The van der Waals surface area contributed by atoms with Gasteiger partial charge in [0.2, 0.25) is 5.91 Å². The van der Waals surface area contributed by atoms with Crippen LogP contribution in [0.5, 0.6) is 0 Å². The fourth-order valence-corrected chi connectivity index (χ4v) is 3.18. The predicted molar refractivity (Wildman–Crippen MR) is 105 cm³/mol. The molecule has 1 aromatic carbocycles. The van der Waals surface area contributed by atoms with Crippen molar-refractivity contribution in [2.24, 2.45) is 5.92 Å². The van der Waals surface area contributed by atoms with Crippen molar-refractivity contribution >= 4 is 23.2 Å². The van der Waals surface area contributed by atoms with Gasteiger partial charge in [0, 0.05) is 22.8 Å². The van der Waals surface area contributed by atoms with Gasteiger partial charge in [-0.1, -0.05) is 25.4 Å². The van der Waals surface area contributed by atoms with E-state index in [2.05, 4.69) is 34.3 Å². The van der Waals surface area contributed by atoms with Crippen molar-refractivity contribution < 1.29 is 4.79 Å². The molecule has 0 spiro atoms. The van der Waals surface area contributed by atoms with Crippen molar-refractivity contribution in [3.8, 4) is 5.69 Å². The lowest BCUT2D eigenvalue weighted by Gasteiger charge is -2.12. The SMILES string of the molecule is Cc1nn(CC(C)C)c(C)c1CC(=O)Nc1cc(Cl)ccc1-n1cncn1. The van der Waals surface area contributed by atoms with Crippen molar-refractivity contribution in [2.75, 3.05) is 5.32 Å². The zero-order valence-corrected chi connectivity index (χ0v) is 16.7. The van der Waals surface area contributed by atoms with Crippen LogP contribution in [0, 0.1) is 19.8 Å². The Kier molecular flexibility index (Phi) is 5.60. The third kappa shape index (κ3) is 4.36. The van der Waals surface area contributed by atoms with Gasteiger partial charge in [-0.25, -0.2) is 9.67 Å². The quantitative estimate of drug-likeness (QED) is 0.702. The normalized spacial score (nSPS) is 11.2. The molecule has 0 aliphatic heterocycles. The fraction of sp³-hybridized carbons (Fsp3) is 0.368. The largest absolute Gasteiger partial charge is 0.324 e. The van der Waals surface area contributed by atoms with Gasteiger partial charge in [-0.05, 0) is 38.0 Å². The molecule has 0 aliphatic carbocycles. The number of amides is 1. The molecule has 0 radical (unpaired) electrons. The number of aryl methyl sites for hydroxylation is 1. The molecule has 3 aromatic rings. The van der Waals surface area contributed by atoms with Crippen LogP contribution in [0.1, 0.15) is 30.8 Å². The Balaban J connectivity index is 1.81. The predicted octanol–water partition coefficient (Wildman–Crippen LogP) is 3.57. The Bertz CT molecular complexity index is 946. The van der Waals surface area contributed by atoms with Crippen LogP contribution in [0.15, 0.2) is 30.9 Å². The number of hydrogen-bond acceptors (Lipinski definition) is 4. The van der Waals surface area contributed by atoms with E-state index < -0.39 is 0 Å². The summed E-state index contributed by atoms with van der Waals surface area (Å²) in [6, 6.07) is 5.25. The highest BCUT2D eigenvalue weighted by atomic mass is 35.5. The van der Waals surface area contributed by atoms with E-state index in [1.807, 2.05) is 18.5 Å². The van der Waals surface area contributed by atoms with Crippen LogP contribution in [-0.2, 0) is 17.8 Å². The maximum absolute atomic E-state index is 12.7. The molecular weight excluding hydrogens is 364 g/mol. The average molecular weight is 387 g/mol. The molecule has 27 heavy (non-hydrogen) atoms. The van der Waals surface area contributed by atoms with Gasteiger partial charge >= 0.3 is 0 Å².